The first-order chi connectivity index (χ1) is 11.2. The van der Waals surface area contributed by atoms with E-state index in [0.717, 1.165) is 24.3 Å². The maximum absolute atomic E-state index is 12.2. The number of hydrogen-bond donors (Lipinski definition) is 3. The van der Waals surface area contributed by atoms with Gasteiger partial charge in [-0.3, -0.25) is 9.89 Å². The van der Waals surface area contributed by atoms with Crippen LogP contribution in [0.4, 0.5) is 5.69 Å². The molecule has 1 saturated heterocycles. The van der Waals surface area contributed by atoms with E-state index in [0.29, 0.717) is 23.7 Å². The number of anilines is 1. The van der Waals surface area contributed by atoms with Crippen molar-refractivity contribution < 1.29 is 9.53 Å². The Kier molecular flexibility index (Phi) is 4.95. The van der Waals surface area contributed by atoms with Crippen LogP contribution in [-0.4, -0.2) is 35.8 Å². The Morgan fingerprint density at radius 2 is 2.22 bits per heavy atom. The zero-order chi connectivity index (χ0) is 16.2. The van der Waals surface area contributed by atoms with E-state index >= 15 is 0 Å². The van der Waals surface area contributed by atoms with E-state index in [9.17, 15) is 4.79 Å². The number of ether oxygens (including phenoxy) is 1. The lowest BCUT2D eigenvalue weighted by Crippen LogP contribution is -2.33. The molecule has 1 amide bonds. The molecule has 1 aromatic carbocycles. The molecule has 7 heteroatoms. The van der Waals surface area contributed by atoms with Gasteiger partial charge in [0.25, 0.3) is 5.91 Å². The number of H-pyrrole nitrogens is 1. The van der Waals surface area contributed by atoms with Gasteiger partial charge in [-0.1, -0.05) is 30.7 Å². The molecule has 1 aliphatic rings. The van der Waals surface area contributed by atoms with Crippen molar-refractivity contribution in [2.75, 3.05) is 25.0 Å². The Hall–Kier alpha value is -1.89. The molecule has 1 aromatic heterocycles. The van der Waals surface area contributed by atoms with E-state index in [1.165, 1.54) is 0 Å². The number of morpholine rings is 1. The van der Waals surface area contributed by atoms with Gasteiger partial charge in [0, 0.05) is 18.8 Å². The van der Waals surface area contributed by atoms with Crippen molar-refractivity contribution in [2.45, 2.75) is 19.4 Å². The van der Waals surface area contributed by atoms with E-state index < -0.39 is 0 Å². The topological polar surface area (TPSA) is 79.0 Å². The first-order valence-corrected chi connectivity index (χ1v) is 8.03. The molecule has 1 aliphatic heterocycles. The van der Waals surface area contributed by atoms with Crippen LogP contribution >= 0.6 is 11.6 Å². The van der Waals surface area contributed by atoms with Crippen molar-refractivity contribution in [1.82, 2.24) is 15.5 Å². The van der Waals surface area contributed by atoms with Gasteiger partial charge in [0.2, 0.25) is 0 Å². The second-order valence-corrected chi connectivity index (χ2v) is 5.74. The molecule has 6 nitrogen and oxygen atoms in total. The van der Waals surface area contributed by atoms with Gasteiger partial charge in [-0.05, 0) is 24.1 Å². The molecule has 1 atom stereocenters. The average molecular weight is 335 g/mol. The number of amides is 1. The SMILES string of the molecule is CCc1[nH]nc(C(=O)Nc2ccc([C@@H]3CNCCO3)cc2)c1Cl. The minimum atomic E-state index is -0.325. The fraction of sp³-hybridized carbons (Fsp3) is 0.375. The summed E-state index contributed by atoms with van der Waals surface area (Å²) >= 11 is 6.13. The summed E-state index contributed by atoms with van der Waals surface area (Å²) in [6.07, 6.45) is 0.755. The van der Waals surface area contributed by atoms with Crippen LogP contribution in [0.2, 0.25) is 5.02 Å². The molecule has 0 radical (unpaired) electrons. The Labute approximate surface area is 139 Å². The first-order valence-electron chi connectivity index (χ1n) is 7.65. The lowest BCUT2D eigenvalue weighted by Gasteiger charge is -2.24. The minimum absolute atomic E-state index is 0.0569. The third-order valence-electron chi connectivity index (χ3n) is 3.81. The zero-order valence-corrected chi connectivity index (χ0v) is 13.6. The van der Waals surface area contributed by atoms with Crippen molar-refractivity contribution in [3.63, 3.8) is 0 Å². The van der Waals surface area contributed by atoms with Gasteiger partial charge in [0.15, 0.2) is 5.69 Å². The molecule has 0 spiro atoms. The lowest BCUT2D eigenvalue weighted by atomic mass is 10.1. The summed E-state index contributed by atoms with van der Waals surface area (Å²) < 4.78 is 5.70. The van der Waals surface area contributed by atoms with Gasteiger partial charge in [-0.2, -0.15) is 5.10 Å². The number of rotatable bonds is 4. The summed E-state index contributed by atoms with van der Waals surface area (Å²) in [5.41, 5.74) is 2.75. The molecule has 2 aromatic rings. The van der Waals surface area contributed by atoms with Gasteiger partial charge < -0.3 is 15.4 Å². The predicted molar refractivity (Wildman–Crippen MR) is 88.9 cm³/mol. The smallest absolute Gasteiger partial charge is 0.277 e. The van der Waals surface area contributed by atoms with E-state index in [1.807, 2.05) is 31.2 Å². The van der Waals surface area contributed by atoms with Crippen LogP contribution in [0.15, 0.2) is 24.3 Å². The molecule has 122 valence electrons. The van der Waals surface area contributed by atoms with E-state index in [-0.39, 0.29) is 17.7 Å². The highest BCUT2D eigenvalue weighted by Gasteiger charge is 2.18. The normalized spacial score (nSPS) is 17.9. The molecule has 3 N–H and O–H groups in total. The van der Waals surface area contributed by atoms with Crippen molar-refractivity contribution >= 4 is 23.2 Å². The van der Waals surface area contributed by atoms with Gasteiger partial charge in [-0.25, -0.2) is 0 Å². The maximum atomic E-state index is 12.2. The predicted octanol–water partition coefficient (Wildman–Crippen LogP) is 2.54. The number of nitrogens with one attached hydrogen (secondary N) is 3. The van der Waals surface area contributed by atoms with Crippen molar-refractivity contribution in [3.05, 3.63) is 46.2 Å². The quantitative estimate of drug-likeness (QED) is 0.802. The molecule has 0 bridgehead atoms. The number of halogens is 1. The van der Waals surface area contributed by atoms with Gasteiger partial charge in [-0.15, -0.1) is 0 Å². The number of carbonyl (C=O) groups excluding carboxylic acids is 1. The third-order valence-corrected chi connectivity index (χ3v) is 4.22. The number of hydrogen-bond acceptors (Lipinski definition) is 4. The molecular formula is C16H19ClN4O2. The van der Waals surface area contributed by atoms with Crippen LogP contribution in [0, 0.1) is 0 Å². The summed E-state index contributed by atoms with van der Waals surface area (Å²) in [6.45, 7) is 4.34. The molecule has 23 heavy (non-hydrogen) atoms. The van der Waals surface area contributed by atoms with Crippen LogP contribution in [-0.2, 0) is 11.2 Å². The second kappa shape index (κ2) is 7.12. The number of benzene rings is 1. The molecule has 0 unspecified atom stereocenters. The number of aromatic nitrogens is 2. The average Bonchev–Trinajstić information content (AvgIpc) is 2.97. The summed E-state index contributed by atoms with van der Waals surface area (Å²) in [6, 6.07) is 7.62. The van der Waals surface area contributed by atoms with Crippen LogP contribution in [0.25, 0.3) is 0 Å². The molecular weight excluding hydrogens is 316 g/mol. The highest BCUT2D eigenvalue weighted by molar-refractivity contribution is 6.34. The number of aryl methyl sites for hydroxylation is 1. The first kappa shape index (κ1) is 16.0. The van der Waals surface area contributed by atoms with Crippen molar-refractivity contribution in [3.8, 4) is 0 Å². The van der Waals surface area contributed by atoms with Crippen LogP contribution < -0.4 is 10.6 Å². The van der Waals surface area contributed by atoms with E-state index in [1.54, 1.807) is 0 Å². The monoisotopic (exact) mass is 334 g/mol. The number of aromatic amines is 1. The molecule has 2 heterocycles. The third kappa shape index (κ3) is 3.55. The molecule has 3 rings (SSSR count). The Morgan fingerprint density at radius 3 is 2.83 bits per heavy atom. The lowest BCUT2D eigenvalue weighted by molar-refractivity contribution is 0.0277. The molecule has 0 saturated carbocycles. The number of nitrogens with zero attached hydrogens (tertiary/aromatic N) is 1. The van der Waals surface area contributed by atoms with Gasteiger partial charge >= 0.3 is 0 Å². The Bertz CT molecular complexity index is 678. The van der Waals surface area contributed by atoms with Crippen molar-refractivity contribution in [2.24, 2.45) is 0 Å². The summed E-state index contributed by atoms with van der Waals surface area (Å²) in [4.78, 5) is 12.2. The van der Waals surface area contributed by atoms with Crippen molar-refractivity contribution in [1.29, 1.82) is 0 Å². The Balaban J connectivity index is 1.67. The van der Waals surface area contributed by atoms with E-state index in [2.05, 4.69) is 20.8 Å². The standard InChI is InChI=1S/C16H19ClN4O2/c1-2-12-14(17)15(21-20-12)16(22)19-11-5-3-10(4-6-11)13-9-18-7-8-23-13/h3-6,13,18H,2,7-9H2,1H3,(H,19,22)(H,20,21)/t13-/m0/s1. The minimum Gasteiger partial charge on any atom is -0.371 e. The van der Waals surface area contributed by atoms with Gasteiger partial charge in [0.05, 0.1) is 23.4 Å². The fourth-order valence-electron chi connectivity index (χ4n) is 2.50. The summed E-state index contributed by atoms with van der Waals surface area (Å²) in [5.74, 6) is -0.325. The molecule has 0 aliphatic carbocycles. The second-order valence-electron chi connectivity index (χ2n) is 5.36. The Morgan fingerprint density at radius 1 is 1.43 bits per heavy atom. The van der Waals surface area contributed by atoms with Crippen LogP contribution in [0.3, 0.4) is 0 Å². The van der Waals surface area contributed by atoms with Gasteiger partial charge in [0.1, 0.15) is 0 Å². The maximum Gasteiger partial charge on any atom is 0.277 e. The summed E-state index contributed by atoms with van der Waals surface area (Å²) in [7, 11) is 0. The number of carbonyl (C=O) groups is 1. The largest absolute Gasteiger partial charge is 0.371 e. The van der Waals surface area contributed by atoms with Crippen LogP contribution in [0.1, 0.15) is 34.8 Å². The highest BCUT2D eigenvalue weighted by atomic mass is 35.5. The molecule has 1 fully saturated rings. The van der Waals surface area contributed by atoms with E-state index in [4.69, 9.17) is 16.3 Å². The van der Waals surface area contributed by atoms with Crippen LogP contribution in [0.5, 0.6) is 0 Å². The fourth-order valence-corrected chi connectivity index (χ4v) is 2.80. The highest BCUT2D eigenvalue weighted by Crippen LogP contribution is 2.22. The zero-order valence-electron chi connectivity index (χ0n) is 12.9. The summed E-state index contributed by atoms with van der Waals surface area (Å²) in [5, 5.41) is 13.2.